The van der Waals surface area contributed by atoms with Gasteiger partial charge in [-0.1, -0.05) is 41.9 Å². The Morgan fingerprint density at radius 2 is 1.88 bits per heavy atom. The molecular formula is C22H21ClFN5O5. The summed E-state index contributed by atoms with van der Waals surface area (Å²) < 4.78 is 19.9. The van der Waals surface area contributed by atoms with Crippen molar-refractivity contribution in [2.45, 2.75) is 13.1 Å². The molecule has 0 fully saturated rings. The largest absolute Gasteiger partial charge is 0.468 e. The maximum absolute atomic E-state index is 14.0. The molecule has 0 spiro atoms. The fraction of sp³-hybridized carbons (Fsp3) is 0.227. The molecule has 34 heavy (non-hydrogen) atoms. The van der Waals surface area contributed by atoms with Crippen molar-refractivity contribution in [1.29, 1.82) is 0 Å². The summed E-state index contributed by atoms with van der Waals surface area (Å²) >= 11 is 5.74. The van der Waals surface area contributed by atoms with Crippen LogP contribution in [0, 0.1) is 5.82 Å². The van der Waals surface area contributed by atoms with Crippen molar-refractivity contribution < 1.29 is 28.3 Å². The van der Waals surface area contributed by atoms with Crippen LogP contribution in [0.5, 0.6) is 0 Å². The number of carbonyl (C=O) groups is 4. The average Bonchev–Trinajstić information content (AvgIpc) is 3.18. The topological polar surface area (TPSA) is 137 Å². The molecular weight excluding hydrogens is 469 g/mol. The number of hydrogen-bond donors (Lipinski definition) is 2. The molecule has 1 aromatic heterocycles. The Balaban J connectivity index is 1.75. The zero-order valence-corrected chi connectivity index (χ0v) is 18.8. The van der Waals surface area contributed by atoms with E-state index in [0.29, 0.717) is 10.9 Å². The minimum Gasteiger partial charge on any atom is -0.468 e. The number of methoxy groups -OCH3 is 1. The van der Waals surface area contributed by atoms with E-state index in [9.17, 15) is 23.6 Å². The van der Waals surface area contributed by atoms with Gasteiger partial charge >= 0.3 is 5.97 Å². The number of fused-ring (bicyclic) bond motifs is 1. The summed E-state index contributed by atoms with van der Waals surface area (Å²) in [4.78, 5) is 50.0. The average molecular weight is 490 g/mol. The van der Waals surface area contributed by atoms with Gasteiger partial charge in [-0.2, -0.15) is 5.10 Å². The Labute approximate surface area is 198 Å². The predicted molar refractivity (Wildman–Crippen MR) is 120 cm³/mol. The van der Waals surface area contributed by atoms with Gasteiger partial charge in [0.2, 0.25) is 11.8 Å². The number of aromatic nitrogens is 2. The van der Waals surface area contributed by atoms with Crippen molar-refractivity contribution in [2.75, 3.05) is 20.2 Å². The molecule has 0 saturated carbocycles. The van der Waals surface area contributed by atoms with Crippen molar-refractivity contribution in [3.63, 3.8) is 0 Å². The number of amides is 3. The monoisotopic (exact) mass is 489 g/mol. The Hall–Kier alpha value is -3.99. The molecule has 0 aliphatic rings. The molecule has 3 rings (SSSR count). The van der Waals surface area contributed by atoms with Crippen molar-refractivity contribution >= 4 is 46.2 Å². The van der Waals surface area contributed by atoms with E-state index < -0.39 is 42.6 Å². The van der Waals surface area contributed by atoms with Crippen LogP contribution >= 0.6 is 11.6 Å². The normalized spacial score (nSPS) is 10.7. The highest BCUT2D eigenvalue weighted by molar-refractivity contribution is 6.30. The summed E-state index contributed by atoms with van der Waals surface area (Å²) in [5.41, 5.74) is 6.00. The van der Waals surface area contributed by atoms with Gasteiger partial charge in [0.15, 0.2) is 5.69 Å². The first-order chi connectivity index (χ1) is 16.2. The Morgan fingerprint density at radius 1 is 1.15 bits per heavy atom. The van der Waals surface area contributed by atoms with Crippen LogP contribution in [0.2, 0.25) is 5.02 Å². The number of ether oxygens (including phenoxy) is 1. The molecule has 0 bridgehead atoms. The van der Waals surface area contributed by atoms with Crippen LogP contribution in [-0.2, 0) is 32.2 Å². The van der Waals surface area contributed by atoms with Gasteiger partial charge in [0.1, 0.15) is 25.5 Å². The number of benzene rings is 2. The lowest BCUT2D eigenvalue weighted by Gasteiger charge is -2.21. The Morgan fingerprint density at radius 3 is 2.59 bits per heavy atom. The molecule has 3 amide bonds. The lowest BCUT2D eigenvalue weighted by atomic mass is 10.2. The summed E-state index contributed by atoms with van der Waals surface area (Å²) in [5, 5.41) is 6.97. The minimum absolute atomic E-state index is 0.00999. The third kappa shape index (κ3) is 5.67. The quantitative estimate of drug-likeness (QED) is 0.434. The lowest BCUT2D eigenvalue weighted by molar-refractivity contribution is -0.148. The molecule has 10 nitrogen and oxygen atoms in total. The second-order valence-corrected chi connectivity index (χ2v) is 7.61. The maximum Gasteiger partial charge on any atom is 0.325 e. The third-order valence-electron chi connectivity index (χ3n) is 4.92. The van der Waals surface area contributed by atoms with Gasteiger partial charge in [0.05, 0.1) is 17.6 Å². The van der Waals surface area contributed by atoms with Crippen LogP contribution in [0.15, 0.2) is 42.5 Å². The van der Waals surface area contributed by atoms with Gasteiger partial charge in [-0.15, -0.1) is 0 Å². The summed E-state index contributed by atoms with van der Waals surface area (Å²) in [6.45, 7) is -1.55. The fourth-order valence-corrected chi connectivity index (χ4v) is 3.41. The van der Waals surface area contributed by atoms with Gasteiger partial charge in [-0.3, -0.25) is 23.9 Å². The maximum atomic E-state index is 14.0. The Kier molecular flexibility index (Phi) is 7.79. The predicted octanol–water partition coefficient (Wildman–Crippen LogP) is 1.25. The number of halogens is 2. The van der Waals surface area contributed by atoms with Gasteiger partial charge in [-0.05, 0) is 12.1 Å². The first-order valence-electron chi connectivity index (χ1n) is 10.0. The van der Waals surface area contributed by atoms with Crippen molar-refractivity contribution in [1.82, 2.24) is 20.0 Å². The first kappa shape index (κ1) is 24.6. The van der Waals surface area contributed by atoms with E-state index >= 15 is 0 Å². The van der Waals surface area contributed by atoms with Crippen LogP contribution in [0.25, 0.3) is 10.9 Å². The van der Waals surface area contributed by atoms with E-state index in [0.717, 1.165) is 12.0 Å². The van der Waals surface area contributed by atoms with Crippen LogP contribution in [0.1, 0.15) is 16.1 Å². The summed E-state index contributed by atoms with van der Waals surface area (Å²) in [5.74, 6) is -3.45. The van der Waals surface area contributed by atoms with E-state index in [4.69, 9.17) is 17.3 Å². The molecule has 0 radical (unpaired) electrons. The number of nitrogens with two attached hydrogens (primary N) is 1. The highest BCUT2D eigenvalue weighted by Gasteiger charge is 2.23. The molecule has 0 unspecified atom stereocenters. The third-order valence-corrected chi connectivity index (χ3v) is 5.21. The highest BCUT2D eigenvalue weighted by atomic mass is 35.5. The number of nitrogens with zero attached hydrogens (tertiary/aromatic N) is 3. The second-order valence-electron chi connectivity index (χ2n) is 7.20. The highest BCUT2D eigenvalue weighted by Crippen LogP contribution is 2.19. The van der Waals surface area contributed by atoms with Crippen molar-refractivity contribution in [3.8, 4) is 0 Å². The van der Waals surface area contributed by atoms with Gasteiger partial charge in [0.25, 0.3) is 5.91 Å². The summed E-state index contributed by atoms with van der Waals surface area (Å²) in [7, 11) is 1.15. The standard InChI is InChI=1S/C22H21ClFN5O5/c1-34-19(32)12-28(10-17(30)26-9-13-5-4-7-15(23)20(13)24)18(31)11-29-16-8-3-2-6-14(16)21(27-29)22(25)33/h2-8H,9-12H2,1H3,(H2,25,33)(H,26,30). The van der Waals surface area contributed by atoms with Gasteiger partial charge in [0, 0.05) is 17.5 Å². The number of rotatable bonds is 9. The van der Waals surface area contributed by atoms with E-state index in [1.54, 1.807) is 24.3 Å². The lowest BCUT2D eigenvalue weighted by Crippen LogP contribution is -2.44. The summed E-state index contributed by atoms with van der Waals surface area (Å²) in [6.07, 6.45) is 0. The van der Waals surface area contributed by atoms with Gasteiger partial charge < -0.3 is 20.7 Å². The molecule has 0 saturated heterocycles. The zero-order chi connectivity index (χ0) is 24.8. The molecule has 12 heteroatoms. The molecule has 2 aromatic carbocycles. The number of hydrogen-bond acceptors (Lipinski definition) is 6. The fourth-order valence-electron chi connectivity index (χ4n) is 3.22. The smallest absolute Gasteiger partial charge is 0.325 e. The number of nitrogens with one attached hydrogen (secondary N) is 1. The molecule has 0 aliphatic carbocycles. The van der Waals surface area contributed by atoms with E-state index in [2.05, 4.69) is 15.2 Å². The molecule has 3 aromatic rings. The van der Waals surface area contributed by atoms with Crippen LogP contribution < -0.4 is 11.1 Å². The number of carbonyl (C=O) groups excluding carboxylic acids is 4. The van der Waals surface area contributed by atoms with E-state index in [1.165, 1.54) is 22.9 Å². The van der Waals surface area contributed by atoms with Gasteiger partial charge in [-0.25, -0.2) is 4.39 Å². The number of para-hydroxylation sites is 1. The second kappa shape index (κ2) is 10.8. The molecule has 0 atom stereocenters. The molecule has 3 N–H and O–H groups in total. The number of primary amides is 1. The van der Waals surface area contributed by atoms with Crippen molar-refractivity contribution in [2.24, 2.45) is 5.73 Å². The van der Waals surface area contributed by atoms with Crippen LogP contribution in [-0.4, -0.2) is 58.6 Å². The Bertz CT molecular complexity index is 1260. The number of esters is 1. The molecule has 178 valence electrons. The molecule has 1 heterocycles. The van der Waals surface area contributed by atoms with Crippen LogP contribution in [0.4, 0.5) is 4.39 Å². The molecule has 0 aliphatic heterocycles. The van der Waals surface area contributed by atoms with E-state index in [1.807, 2.05) is 0 Å². The SMILES string of the molecule is COC(=O)CN(CC(=O)NCc1cccc(Cl)c1F)C(=O)Cn1nc(C(N)=O)c2ccccc21. The first-order valence-corrected chi connectivity index (χ1v) is 10.4. The zero-order valence-electron chi connectivity index (χ0n) is 18.1. The summed E-state index contributed by atoms with van der Waals surface area (Å²) in [6, 6.07) is 11.1. The van der Waals surface area contributed by atoms with E-state index in [-0.39, 0.29) is 29.4 Å². The van der Waals surface area contributed by atoms with Crippen molar-refractivity contribution in [3.05, 3.63) is 64.6 Å². The van der Waals surface area contributed by atoms with Crippen LogP contribution in [0.3, 0.4) is 0 Å². The minimum atomic E-state index is -0.763.